The first-order chi connectivity index (χ1) is 9.47. The second-order valence-corrected chi connectivity index (χ2v) is 4.29. The monoisotopic (exact) mass is 281 g/mol. The number of carbonyl (C=O) groups is 2. The van der Waals surface area contributed by atoms with Crippen molar-refractivity contribution >= 4 is 17.6 Å². The molecule has 2 N–H and O–H groups in total. The zero-order chi connectivity index (χ0) is 15.1. The molecule has 6 nitrogen and oxygen atoms in total. The van der Waals surface area contributed by atoms with Gasteiger partial charge in [0.25, 0.3) is 0 Å². The number of rotatable bonds is 7. The third-order valence-corrected chi connectivity index (χ3v) is 2.81. The van der Waals surface area contributed by atoms with Crippen molar-refractivity contribution in [1.82, 2.24) is 0 Å². The van der Waals surface area contributed by atoms with Gasteiger partial charge in [0.2, 0.25) is 5.91 Å². The van der Waals surface area contributed by atoms with E-state index in [-0.39, 0.29) is 24.0 Å². The quantitative estimate of drug-likeness (QED) is 0.800. The number of aromatic carboxylic acids is 1. The number of benzene rings is 1. The Morgan fingerprint density at radius 2 is 2.10 bits per heavy atom. The van der Waals surface area contributed by atoms with Gasteiger partial charge in [0, 0.05) is 0 Å². The number of carboxylic acids is 1. The minimum atomic E-state index is -1.14. The number of carboxylic acid groups (broad SMARTS) is 1. The lowest BCUT2D eigenvalue weighted by atomic mass is 10.1. The number of hydrogen-bond donors (Lipinski definition) is 2. The molecule has 20 heavy (non-hydrogen) atoms. The van der Waals surface area contributed by atoms with Crippen LogP contribution in [-0.4, -0.2) is 36.8 Å². The second-order valence-electron chi connectivity index (χ2n) is 4.29. The van der Waals surface area contributed by atoms with E-state index in [1.165, 1.54) is 19.2 Å². The van der Waals surface area contributed by atoms with Crippen LogP contribution in [0.3, 0.4) is 0 Å². The highest BCUT2D eigenvalue weighted by Crippen LogP contribution is 2.22. The number of carbonyl (C=O) groups excluding carboxylic acids is 1. The van der Waals surface area contributed by atoms with Gasteiger partial charge in [0.1, 0.15) is 12.4 Å². The van der Waals surface area contributed by atoms with E-state index in [9.17, 15) is 9.59 Å². The molecular formula is C14H19NO5. The van der Waals surface area contributed by atoms with Crippen molar-refractivity contribution in [2.45, 2.75) is 26.4 Å². The van der Waals surface area contributed by atoms with Crippen LogP contribution in [0.4, 0.5) is 5.69 Å². The van der Waals surface area contributed by atoms with Gasteiger partial charge in [0.15, 0.2) is 0 Å². The Morgan fingerprint density at radius 3 is 2.65 bits per heavy atom. The summed E-state index contributed by atoms with van der Waals surface area (Å²) in [4.78, 5) is 22.8. The van der Waals surface area contributed by atoms with Crippen LogP contribution in [0.15, 0.2) is 18.2 Å². The molecule has 0 aliphatic heterocycles. The molecule has 0 aromatic heterocycles. The Kier molecular flexibility index (Phi) is 5.99. The Labute approximate surface area is 117 Å². The van der Waals surface area contributed by atoms with Gasteiger partial charge >= 0.3 is 5.97 Å². The fourth-order valence-corrected chi connectivity index (χ4v) is 1.46. The van der Waals surface area contributed by atoms with E-state index in [1.54, 1.807) is 6.07 Å². The van der Waals surface area contributed by atoms with Gasteiger partial charge in [-0.15, -0.1) is 0 Å². The normalized spacial score (nSPS) is 11.8. The Hall–Kier alpha value is -2.08. The zero-order valence-electron chi connectivity index (χ0n) is 11.8. The van der Waals surface area contributed by atoms with E-state index in [2.05, 4.69) is 5.32 Å². The molecule has 1 aromatic carbocycles. The smallest absolute Gasteiger partial charge is 0.337 e. The zero-order valence-corrected chi connectivity index (χ0v) is 11.8. The second kappa shape index (κ2) is 7.49. The Balaban J connectivity index is 2.76. The number of anilines is 1. The molecule has 1 unspecified atom stereocenters. The number of amides is 1. The van der Waals surface area contributed by atoms with Gasteiger partial charge < -0.3 is 19.9 Å². The van der Waals surface area contributed by atoms with Crippen LogP contribution < -0.4 is 10.1 Å². The van der Waals surface area contributed by atoms with E-state index in [0.717, 1.165) is 6.42 Å². The van der Waals surface area contributed by atoms with E-state index in [4.69, 9.17) is 14.6 Å². The predicted octanol–water partition coefficient (Wildman–Crippen LogP) is 2.15. The predicted molar refractivity (Wildman–Crippen MR) is 74.3 cm³/mol. The highest BCUT2D eigenvalue weighted by Gasteiger charge is 2.14. The van der Waals surface area contributed by atoms with Crippen molar-refractivity contribution in [3.05, 3.63) is 23.8 Å². The summed E-state index contributed by atoms with van der Waals surface area (Å²) in [5.41, 5.74) is 0.192. The summed E-state index contributed by atoms with van der Waals surface area (Å²) in [6.45, 7) is 3.71. The van der Waals surface area contributed by atoms with Crippen LogP contribution in [0.5, 0.6) is 5.75 Å². The average Bonchev–Trinajstić information content (AvgIpc) is 2.44. The first-order valence-corrected chi connectivity index (χ1v) is 6.30. The SMILES string of the molecule is CCC(C)OCC(=O)Nc1ccc(OC)cc1C(=O)O. The molecule has 0 fully saturated rings. The molecule has 0 heterocycles. The van der Waals surface area contributed by atoms with E-state index < -0.39 is 11.9 Å². The summed E-state index contributed by atoms with van der Waals surface area (Å²) >= 11 is 0. The molecule has 0 aliphatic rings. The number of hydrogen-bond acceptors (Lipinski definition) is 4. The van der Waals surface area contributed by atoms with Crippen LogP contribution in [0.1, 0.15) is 30.6 Å². The average molecular weight is 281 g/mol. The standard InChI is InChI=1S/C14H19NO5/c1-4-9(2)20-8-13(16)15-12-6-5-10(19-3)7-11(12)14(17)18/h5-7,9H,4,8H2,1-3H3,(H,15,16)(H,17,18). The minimum Gasteiger partial charge on any atom is -0.497 e. The topological polar surface area (TPSA) is 84.9 Å². The minimum absolute atomic E-state index is 0.0180. The maximum atomic E-state index is 11.7. The van der Waals surface area contributed by atoms with Gasteiger partial charge in [-0.2, -0.15) is 0 Å². The number of methoxy groups -OCH3 is 1. The fourth-order valence-electron chi connectivity index (χ4n) is 1.46. The highest BCUT2D eigenvalue weighted by molar-refractivity contribution is 6.01. The Morgan fingerprint density at radius 1 is 1.40 bits per heavy atom. The summed E-state index contributed by atoms with van der Waals surface area (Å²) in [7, 11) is 1.44. The molecule has 110 valence electrons. The third kappa shape index (κ3) is 4.55. The summed E-state index contributed by atoms with van der Waals surface area (Å²) < 4.78 is 10.2. The van der Waals surface area contributed by atoms with Crippen molar-refractivity contribution in [3.8, 4) is 5.75 Å². The number of nitrogens with one attached hydrogen (secondary N) is 1. The third-order valence-electron chi connectivity index (χ3n) is 2.81. The molecule has 6 heteroatoms. The van der Waals surface area contributed by atoms with Crippen molar-refractivity contribution < 1.29 is 24.2 Å². The summed E-state index contributed by atoms with van der Waals surface area (Å²) in [5, 5.41) is 11.6. The molecule has 0 radical (unpaired) electrons. The maximum Gasteiger partial charge on any atom is 0.337 e. The van der Waals surface area contributed by atoms with Crippen molar-refractivity contribution in [1.29, 1.82) is 0 Å². The highest BCUT2D eigenvalue weighted by atomic mass is 16.5. The van der Waals surface area contributed by atoms with Gasteiger partial charge in [-0.1, -0.05) is 6.92 Å². The molecule has 0 saturated carbocycles. The molecule has 0 spiro atoms. The number of ether oxygens (including phenoxy) is 2. The first kappa shape index (κ1) is 16.0. The molecule has 1 aromatic rings. The molecular weight excluding hydrogens is 262 g/mol. The van der Waals surface area contributed by atoms with Gasteiger partial charge in [0.05, 0.1) is 24.5 Å². The van der Waals surface area contributed by atoms with Crippen LogP contribution in [0.25, 0.3) is 0 Å². The van der Waals surface area contributed by atoms with Crippen LogP contribution in [0, 0.1) is 0 Å². The maximum absolute atomic E-state index is 11.7. The first-order valence-electron chi connectivity index (χ1n) is 6.30. The summed E-state index contributed by atoms with van der Waals surface area (Å²) in [6.07, 6.45) is 0.784. The van der Waals surface area contributed by atoms with E-state index in [1.807, 2.05) is 13.8 Å². The van der Waals surface area contributed by atoms with E-state index >= 15 is 0 Å². The summed E-state index contributed by atoms with van der Waals surface area (Å²) in [6, 6.07) is 4.43. The van der Waals surface area contributed by atoms with Crippen molar-refractivity contribution in [3.63, 3.8) is 0 Å². The largest absolute Gasteiger partial charge is 0.497 e. The van der Waals surface area contributed by atoms with Crippen molar-refractivity contribution in [2.75, 3.05) is 19.0 Å². The summed E-state index contributed by atoms with van der Waals surface area (Å²) in [5.74, 6) is -1.11. The molecule has 1 rings (SSSR count). The molecule has 1 atom stereocenters. The van der Waals surface area contributed by atoms with Gasteiger partial charge in [-0.05, 0) is 31.5 Å². The Bertz CT molecular complexity index is 486. The lowest BCUT2D eigenvalue weighted by Gasteiger charge is -2.12. The fraction of sp³-hybridized carbons (Fsp3) is 0.429. The van der Waals surface area contributed by atoms with Crippen LogP contribution >= 0.6 is 0 Å². The van der Waals surface area contributed by atoms with E-state index in [0.29, 0.717) is 5.75 Å². The van der Waals surface area contributed by atoms with Crippen LogP contribution in [-0.2, 0) is 9.53 Å². The lowest BCUT2D eigenvalue weighted by Crippen LogP contribution is -2.22. The molecule has 0 saturated heterocycles. The molecule has 1 amide bonds. The van der Waals surface area contributed by atoms with Gasteiger partial charge in [-0.3, -0.25) is 4.79 Å². The van der Waals surface area contributed by atoms with Gasteiger partial charge in [-0.25, -0.2) is 4.79 Å². The lowest BCUT2D eigenvalue weighted by molar-refractivity contribution is -0.122. The molecule has 0 bridgehead atoms. The van der Waals surface area contributed by atoms with Crippen molar-refractivity contribution in [2.24, 2.45) is 0 Å². The van der Waals surface area contributed by atoms with Crippen LogP contribution in [0.2, 0.25) is 0 Å². The molecule has 0 aliphatic carbocycles.